The van der Waals surface area contributed by atoms with Gasteiger partial charge < -0.3 is 19.1 Å². The van der Waals surface area contributed by atoms with Gasteiger partial charge in [-0.2, -0.15) is 8.42 Å². The van der Waals surface area contributed by atoms with Crippen molar-refractivity contribution in [2.24, 2.45) is 0 Å². The molecular formula is C21H31NO8S. The summed E-state index contributed by atoms with van der Waals surface area (Å²) in [5.41, 5.74) is 0.439. The van der Waals surface area contributed by atoms with Crippen LogP contribution in [-0.2, 0) is 28.2 Å². The zero-order valence-corrected chi connectivity index (χ0v) is 19.1. The van der Waals surface area contributed by atoms with E-state index in [9.17, 15) is 13.2 Å². The van der Waals surface area contributed by atoms with Gasteiger partial charge in [0.15, 0.2) is 0 Å². The number of benzene rings is 1. The predicted octanol–water partition coefficient (Wildman–Crippen LogP) is 2.86. The summed E-state index contributed by atoms with van der Waals surface area (Å²) in [6.07, 6.45) is 1.38. The Morgan fingerprint density at radius 1 is 1.06 bits per heavy atom. The number of ether oxygens (including phenoxy) is 3. The second-order valence-corrected chi connectivity index (χ2v) is 9.92. The van der Waals surface area contributed by atoms with E-state index in [1.54, 1.807) is 4.90 Å². The molecule has 2 aliphatic heterocycles. The Balaban J connectivity index is 1.32. The third-order valence-electron chi connectivity index (χ3n) is 4.98. The summed E-state index contributed by atoms with van der Waals surface area (Å²) in [5, 5.41) is 0. The quantitative estimate of drug-likeness (QED) is 0.601. The van der Waals surface area contributed by atoms with E-state index in [1.807, 2.05) is 45.0 Å². The molecule has 0 aliphatic carbocycles. The first kappa shape index (κ1) is 23.8. The SMILES string of the molecule is CC(C)(C)OC(=O)N1CCC(OCCOc2ccc(C3COS(=O)(=O)OC3)cc2)CC1. The van der Waals surface area contributed by atoms with Gasteiger partial charge in [0.25, 0.3) is 0 Å². The molecule has 2 heterocycles. The first-order valence-corrected chi connectivity index (χ1v) is 11.8. The molecule has 1 amide bonds. The molecule has 0 N–H and O–H groups in total. The summed E-state index contributed by atoms with van der Waals surface area (Å²) in [6.45, 7) is 7.85. The largest absolute Gasteiger partial charge is 0.491 e. The number of hydrogen-bond acceptors (Lipinski definition) is 8. The lowest BCUT2D eigenvalue weighted by molar-refractivity contribution is -0.0177. The summed E-state index contributed by atoms with van der Waals surface area (Å²) in [4.78, 5) is 13.8. The third kappa shape index (κ3) is 7.64. The van der Waals surface area contributed by atoms with E-state index in [0.717, 1.165) is 18.4 Å². The summed E-state index contributed by atoms with van der Waals surface area (Å²) < 4.78 is 48.7. The van der Waals surface area contributed by atoms with Gasteiger partial charge in [-0.25, -0.2) is 13.2 Å². The van der Waals surface area contributed by atoms with E-state index < -0.39 is 16.0 Å². The Kier molecular flexibility index (Phi) is 7.79. The highest BCUT2D eigenvalue weighted by Gasteiger charge is 2.28. The van der Waals surface area contributed by atoms with Crippen molar-refractivity contribution < 1.29 is 35.8 Å². The molecule has 1 aromatic carbocycles. The number of rotatable bonds is 6. The van der Waals surface area contributed by atoms with Crippen LogP contribution < -0.4 is 4.74 Å². The van der Waals surface area contributed by atoms with Crippen molar-refractivity contribution in [3.05, 3.63) is 29.8 Å². The van der Waals surface area contributed by atoms with Crippen LogP contribution in [0.4, 0.5) is 4.79 Å². The minimum Gasteiger partial charge on any atom is -0.491 e. The molecule has 0 unspecified atom stereocenters. The van der Waals surface area contributed by atoms with Gasteiger partial charge in [-0.05, 0) is 51.3 Å². The Hall–Kier alpha value is -1.88. The average molecular weight is 458 g/mol. The number of carbonyl (C=O) groups is 1. The van der Waals surface area contributed by atoms with Crippen LogP contribution in [0, 0.1) is 0 Å². The molecule has 0 saturated carbocycles. The highest BCUT2D eigenvalue weighted by Crippen LogP contribution is 2.25. The molecule has 31 heavy (non-hydrogen) atoms. The van der Waals surface area contributed by atoms with Gasteiger partial charge in [0.1, 0.15) is 18.0 Å². The number of hydrogen-bond donors (Lipinski definition) is 0. The molecule has 1 aromatic rings. The molecule has 3 rings (SSSR count). The van der Waals surface area contributed by atoms with Crippen molar-refractivity contribution in [3.8, 4) is 5.75 Å². The van der Waals surface area contributed by atoms with E-state index in [2.05, 4.69) is 0 Å². The number of carbonyl (C=O) groups excluding carboxylic acids is 1. The van der Waals surface area contributed by atoms with Crippen LogP contribution in [0.1, 0.15) is 45.1 Å². The molecule has 174 valence electrons. The van der Waals surface area contributed by atoms with Gasteiger partial charge in [-0.15, -0.1) is 0 Å². The van der Waals surface area contributed by atoms with Crippen molar-refractivity contribution in [1.29, 1.82) is 0 Å². The second-order valence-electron chi connectivity index (χ2n) is 8.63. The zero-order valence-electron chi connectivity index (χ0n) is 18.2. The Bertz CT molecular complexity index is 812. The van der Waals surface area contributed by atoms with Crippen molar-refractivity contribution in [2.75, 3.05) is 39.5 Å². The highest BCUT2D eigenvalue weighted by atomic mass is 32.3. The Labute approximate surface area is 183 Å². The molecule has 0 spiro atoms. The van der Waals surface area contributed by atoms with E-state index in [4.69, 9.17) is 22.6 Å². The van der Waals surface area contributed by atoms with Gasteiger partial charge in [0.05, 0.1) is 25.9 Å². The van der Waals surface area contributed by atoms with Crippen molar-refractivity contribution in [1.82, 2.24) is 4.90 Å². The van der Waals surface area contributed by atoms with Gasteiger partial charge >= 0.3 is 16.5 Å². The van der Waals surface area contributed by atoms with Crippen LogP contribution in [0.25, 0.3) is 0 Å². The third-order valence-corrected chi connectivity index (χ3v) is 5.83. The monoisotopic (exact) mass is 457 g/mol. The van der Waals surface area contributed by atoms with Crippen molar-refractivity contribution in [2.45, 2.75) is 51.2 Å². The molecule has 2 saturated heterocycles. The first-order valence-electron chi connectivity index (χ1n) is 10.5. The lowest BCUT2D eigenvalue weighted by atomic mass is 10.0. The molecule has 10 heteroatoms. The summed E-state index contributed by atoms with van der Waals surface area (Å²) in [5.74, 6) is 0.574. The maximum atomic E-state index is 12.1. The van der Waals surface area contributed by atoms with Crippen molar-refractivity contribution in [3.63, 3.8) is 0 Å². The lowest BCUT2D eigenvalue weighted by Gasteiger charge is -2.33. The number of nitrogens with zero attached hydrogens (tertiary/aromatic N) is 1. The summed E-state index contributed by atoms with van der Waals surface area (Å²) >= 11 is 0. The minimum atomic E-state index is -3.84. The van der Waals surface area contributed by atoms with Crippen LogP contribution in [0.15, 0.2) is 24.3 Å². The van der Waals surface area contributed by atoms with E-state index in [-0.39, 0.29) is 31.3 Å². The predicted molar refractivity (Wildman–Crippen MR) is 112 cm³/mol. The molecule has 2 aliphatic rings. The van der Waals surface area contributed by atoms with Crippen LogP contribution in [0.3, 0.4) is 0 Å². The van der Waals surface area contributed by atoms with E-state index >= 15 is 0 Å². The number of amides is 1. The van der Waals surface area contributed by atoms with Gasteiger partial charge in [0.2, 0.25) is 0 Å². The van der Waals surface area contributed by atoms with Gasteiger partial charge in [-0.1, -0.05) is 12.1 Å². The van der Waals surface area contributed by atoms with Gasteiger partial charge in [0, 0.05) is 19.0 Å². The van der Waals surface area contributed by atoms with E-state index in [1.165, 1.54) is 0 Å². The fourth-order valence-corrected chi connectivity index (χ4v) is 4.08. The smallest absolute Gasteiger partial charge is 0.410 e. The summed E-state index contributed by atoms with van der Waals surface area (Å²) in [6, 6.07) is 7.41. The van der Waals surface area contributed by atoms with Crippen LogP contribution in [0.5, 0.6) is 5.75 Å². The van der Waals surface area contributed by atoms with Gasteiger partial charge in [-0.3, -0.25) is 0 Å². The highest BCUT2D eigenvalue weighted by molar-refractivity contribution is 7.81. The standard InChI is InChI=1S/C21H31NO8S/c1-21(2,3)30-20(23)22-10-8-19(9-11-22)27-13-12-26-18-6-4-16(5-7-18)17-14-28-31(24,25)29-15-17/h4-7,17,19H,8-15H2,1-3H3. The molecule has 9 nitrogen and oxygen atoms in total. The molecule has 2 fully saturated rings. The van der Waals surface area contributed by atoms with Crippen LogP contribution in [-0.4, -0.2) is 70.6 Å². The van der Waals surface area contributed by atoms with Crippen molar-refractivity contribution >= 4 is 16.5 Å². The normalized spacial score (nSPS) is 20.4. The first-order chi connectivity index (χ1) is 14.6. The average Bonchev–Trinajstić information content (AvgIpc) is 2.71. The fraction of sp³-hybridized carbons (Fsp3) is 0.667. The van der Waals surface area contributed by atoms with Crippen LogP contribution in [0.2, 0.25) is 0 Å². The van der Waals surface area contributed by atoms with E-state index in [0.29, 0.717) is 32.1 Å². The summed E-state index contributed by atoms with van der Waals surface area (Å²) in [7, 11) is -3.84. The molecule has 0 atom stereocenters. The zero-order chi connectivity index (χ0) is 22.5. The topological polar surface area (TPSA) is 101 Å². The maximum absolute atomic E-state index is 12.1. The molecule has 0 bridgehead atoms. The molecular weight excluding hydrogens is 426 g/mol. The minimum absolute atomic E-state index is 0.0725. The maximum Gasteiger partial charge on any atom is 0.410 e. The number of piperidine rings is 1. The second kappa shape index (κ2) is 10.2. The molecule has 0 radical (unpaired) electrons. The lowest BCUT2D eigenvalue weighted by Crippen LogP contribution is -2.43. The Morgan fingerprint density at radius 2 is 1.68 bits per heavy atom. The molecule has 0 aromatic heterocycles. The Morgan fingerprint density at radius 3 is 2.26 bits per heavy atom. The number of likely N-dealkylation sites (tertiary alicyclic amines) is 1. The van der Waals surface area contributed by atoms with Crippen LogP contribution >= 0.6 is 0 Å². The fourth-order valence-electron chi connectivity index (χ4n) is 3.35.